The molecule has 1 aliphatic heterocycles. The second-order valence-electron chi connectivity index (χ2n) is 8.96. The van der Waals surface area contributed by atoms with Gasteiger partial charge in [-0.2, -0.15) is 0 Å². The third-order valence-corrected chi connectivity index (χ3v) is 7.20. The molecule has 7 heteroatoms. The number of nitrogens with zero attached hydrogens (tertiary/aromatic N) is 2. The van der Waals surface area contributed by atoms with Gasteiger partial charge in [0.05, 0.1) is 5.69 Å². The highest BCUT2D eigenvalue weighted by Crippen LogP contribution is 2.31. The van der Waals surface area contributed by atoms with Crippen LogP contribution in [0, 0.1) is 20.8 Å². The van der Waals surface area contributed by atoms with E-state index in [0.717, 1.165) is 48.2 Å². The highest BCUT2D eigenvalue weighted by Gasteiger charge is 2.37. The van der Waals surface area contributed by atoms with E-state index >= 15 is 0 Å². The summed E-state index contributed by atoms with van der Waals surface area (Å²) in [6, 6.07) is 20.6. The maximum atomic E-state index is 13.5. The first kappa shape index (κ1) is 23.8. The standard InChI is InChI=1S/C29H24BrN3O3/c1-17-8-13-22(14-18(17)2)33-28(35)25(27(34)31-29(33)36)15-24-19(3)32(26-7-5-4-6-23(24)26)16-20-9-11-21(30)12-10-20/h4-15H,16H2,1-3H3,(H,31,34,36)/b25-15+. The summed E-state index contributed by atoms with van der Waals surface area (Å²) in [4.78, 5) is 40.0. The van der Waals surface area contributed by atoms with Crippen LogP contribution in [-0.4, -0.2) is 22.4 Å². The Morgan fingerprint density at radius 2 is 1.61 bits per heavy atom. The smallest absolute Gasteiger partial charge is 0.335 e. The van der Waals surface area contributed by atoms with Crippen molar-refractivity contribution in [1.29, 1.82) is 0 Å². The van der Waals surface area contributed by atoms with E-state index in [1.54, 1.807) is 18.2 Å². The molecule has 3 aromatic carbocycles. The Kier molecular flexibility index (Phi) is 6.10. The summed E-state index contributed by atoms with van der Waals surface area (Å²) in [6.45, 7) is 6.48. The lowest BCUT2D eigenvalue weighted by molar-refractivity contribution is -0.122. The molecule has 0 aliphatic carbocycles. The van der Waals surface area contributed by atoms with E-state index < -0.39 is 17.8 Å². The number of halogens is 1. The molecule has 0 atom stereocenters. The zero-order valence-corrected chi connectivity index (χ0v) is 21.7. The summed E-state index contributed by atoms with van der Waals surface area (Å²) in [5.41, 5.74) is 6.15. The molecule has 36 heavy (non-hydrogen) atoms. The number of rotatable bonds is 4. The van der Waals surface area contributed by atoms with Crippen molar-refractivity contribution in [1.82, 2.24) is 9.88 Å². The predicted molar refractivity (Wildman–Crippen MR) is 145 cm³/mol. The maximum Gasteiger partial charge on any atom is 0.335 e. The molecule has 4 aromatic rings. The van der Waals surface area contributed by atoms with Crippen LogP contribution >= 0.6 is 15.9 Å². The number of barbiturate groups is 1. The number of aromatic nitrogens is 1. The van der Waals surface area contributed by atoms with Gasteiger partial charge >= 0.3 is 6.03 Å². The molecule has 1 fully saturated rings. The lowest BCUT2D eigenvalue weighted by Crippen LogP contribution is -2.54. The molecule has 1 N–H and O–H groups in total. The molecule has 4 amide bonds. The number of amides is 4. The van der Waals surface area contributed by atoms with E-state index in [9.17, 15) is 14.4 Å². The number of anilines is 1. The van der Waals surface area contributed by atoms with E-state index in [0.29, 0.717) is 12.2 Å². The number of imide groups is 2. The quantitative estimate of drug-likeness (QED) is 0.252. The van der Waals surface area contributed by atoms with Crippen molar-refractivity contribution in [3.63, 3.8) is 0 Å². The van der Waals surface area contributed by atoms with Gasteiger partial charge in [0.2, 0.25) is 0 Å². The third kappa shape index (κ3) is 4.16. The lowest BCUT2D eigenvalue weighted by atomic mass is 10.0. The van der Waals surface area contributed by atoms with Crippen molar-refractivity contribution in [2.24, 2.45) is 0 Å². The van der Waals surface area contributed by atoms with E-state index in [-0.39, 0.29) is 5.57 Å². The summed E-state index contributed by atoms with van der Waals surface area (Å²) < 4.78 is 3.18. The van der Waals surface area contributed by atoms with Crippen LogP contribution in [0.25, 0.3) is 17.0 Å². The van der Waals surface area contributed by atoms with Gasteiger partial charge in [0.15, 0.2) is 0 Å². The monoisotopic (exact) mass is 541 g/mol. The van der Waals surface area contributed by atoms with Crippen LogP contribution in [0.4, 0.5) is 10.5 Å². The molecule has 1 aromatic heterocycles. The SMILES string of the molecule is Cc1ccc(N2C(=O)NC(=O)/C(=C\c3c(C)n(Cc4ccc(Br)cc4)c4ccccc34)C2=O)cc1C. The van der Waals surface area contributed by atoms with Gasteiger partial charge in [-0.3, -0.25) is 14.9 Å². The highest BCUT2D eigenvalue weighted by molar-refractivity contribution is 9.10. The Bertz CT molecular complexity index is 1580. The van der Waals surface area contributed by atoms with Crippen LogP contribution in [0.15, 0.2) is 76.8 Å². The minimum atomic E-state index is -0.750. The van der Waals surface area contributed by atoms with Crippen LogP contribution in [-0.2, 0) is 16.1 Å². The summed E-state index contributed by atoms with van der Waals surface area (Å²) in [7, 11) is 0. The fourth-order valence-electron chi connectivity index (χ4n) is 4.52. The second kappa shape index (κ2) is 9.24. The minimum absolute atomic E-state index is 0.0810. The van der Waals surface area contributed by atoms with Crippen LogP contribution in [0.2, 0.25) is 0 Å². The summed E-state index contributed by atoms with van der Waals surface area (Å²) in [5, 5.41) is 3.26. The van der Waals surface area contributed by atoms with Crippen molar-refractivity contribution < 1.29 is 14.4 Å². The lowest BCUT2D eigenvalue weighted by Gasteiger charge is -2.26. The number of carbonyl (C=O) groups is 3. The fourth-order valence-corrected chi connectivity index (χ4v) is 4.78. The first-order valence-corrected chi connectivity index (χ1v) is 12.3. The molecule has 1 aliphatic rings. The molecule has 2 heterocycles. The number of nitrogens with one attached hydrogen (secondary N) is 1. The van der Waals surface area contributed by atoms with E-state index in [4.69, 9.17) is 0 Å². The Balaban J connectivity index is 1.61. The van der Waals surface area contributed by atoms with Crippen molar-refractivity contribution in [2.75, 3.05) is 4.90 Å². The molecule has 0 saturated carbocycles. The Morgan fingerprint density at radius 3 is 2.33 bits per heavy atom. The zero-order chi connectivity index (χ0) is 25.6. The van der Waals surface area contributed by atoms with Crippen molar-refractivity contribution in [3.05, 3.63) is 105 Å². The fraction of sp³-hybridized carbons (Fsp3) is 0.138. The summed E-state index contributed by atoms with van der Waals surface area (Å²) in [5.74, 6) is -1.34. The van der Waals surface area contributed by atoms with Crippen molar-refractivity contribution in [2.45, 2.75) is 27.3 Å². The van der Waals surface area contributed by atoms with Crippen LogP contribution in [0.5, 0.6) is 0 Å². The largest absolute Gasteiger partial charge is 0.340 e. The van der Waals surface area contributed by atoms with Crippen LogP contribution in [0.3, 0.4) is 0 Å². The molecule has 0 radical (unpaired) electrons. The topological polar surface area (TPSA) is 71.4 Å². The second-order valence-corrected chi connectivity index (χ2v) is 9.87. The number of aryl methyl sites for hydroxylation is 2. The number of hydrogen-bond acceptors (Lipinski definition) is 3. The molecular weight excluding hydrogens is 518 g/mol. The molecule has 0 spiro atoms. The average Bonchev–Trinajstić information content (AvgIpc) is 3.11. The molecule has 0 unspecified atom stereocenters. The van der Waals surface area contributed by atoms with E-state index in [1.807, 2.05) is 63.2 Å². The molecule has 6 nitrogen and oxygen atoms in total. The predicted octanol–water partition coefficient (Wildman–Crippen LogP) is 6.04. The van der Waals surface area contributed by atoms with Crippen LogP contribution < -0.4 is 10.2 Å². The highest BCUT2D eigenvalue weighted by atomic mass is 79.9. The van der Waals surface area contributed by atoms with Crippen molar-refractivity contribution >= 4 is 56.4 Å². The minimum Gasteiger partial charge on any atom is -0.340 e. The Labute approximate surface area is 217 Å². The van der Waals surface area contributed by atoms with Gasteiger partial charge in [0.25, 0.3) is 11.8 Å². The number of urea groups is 1. The molecule has 1 saturated heterocycles. The first-order chi connectivity index (χ1) is 17.2. The maximum absolute atomic E-state index is 13.5. The van der Waals surface area contributed by atoms with E-state index in [1.165, 1.54) is 0 Å². The number of carbonyl (C=O) groups excluding carboxylic acids is 3. The molecular formula is C29H24BrN3O3. The molecule has 180 valence electrons. The third-order valence-electron chi connectivity index (χ3n) is 6.67. The Morgan fingerprint density at radius 1 is 0.889 bits per heavy atom. The first-order valence-electron chi connectivity index (χ1n) is 11.6. The van der Waals surface area contributed by atoms with Gasteiger partial charge in [0.1, 0.15) is 5.57 Å². The van der Waals surface area contributed by atoms with Gasteiger partial charge in [0, 0.05) is 33.2 Å². The number of benzene rings is 3. The normalized spacial score (nSPS) is 15.2. The van der Waals surface area contributed by atoms with Gasteiger partial charge in [-0.15, -0.1) is 0 Å². The van der Waals surface area contributed by atoms with E-state index in [2.05, 4.69) is 37.9 Å². The van der Waals surface area contributed by atoms with Gasteiger partial charge in [-0.25, -0.2) is 9.69 Å². The number of hydrogen-bond donors (Lipinski definition) is 1. The number of fused-ring (bicyclic) bond motifs is 1. The zero-order valence-electron chi connectivity index (χ0n) is 20.1. The van der Waals surface area contributed by atoms with Gasteiger partial charge < -0.3 is 4.57 Å². The van der Waals surface area contributed by atoms with Crippen molar-refractivity contribution in [3.8, 4) is 0 Å². The molecule has 0 bridgehead atoms. The average molecular weight is 542 g/mol. The van der Waals surface area contributed by atoms with Gasteiger partial charge in [-0.05, 0) is 73.9 Å². The Hall–Kier alpha value is -3.97. The van der Waals surface area contributed by atoms with Crippen LogP contribution in [0.1, 0.15) is 27.9 Å². The summed E-state index contributed by atoms with van der Waals surface area (Å²) >= 11 is 3.48. The van der Waals surface area contributed by atoms with Gasteiger partial charge in [-0.1, -0.05) is 52.3 Å². The molecule has 5 rings (SSSR count). The summed E-state index contributed by atoms with van der Waals surface area (Å²) in [6.07, 6.45) is 1.61. The number of para-hydroxylation sites is 1.